The lowest BCUT2D eigenvalue weighted by Crippen LogP contribution is -2.61. The summed E-state index contributed by atoms with van der Waals surface area (Å²) in [6.07, 6.45) is 39.4. The van der Waals surface area contributed by atoms with Crippen LogP contribution in [-0.4, -0.2) is 89.2 Å². The molecular weight excluding hydrogens is 853 g/mol. The van der Waals surface area contributed by atoms with Gasteiger partial charge in [-0.25, -0.2) is 4.79 Å². The van der Waals surface area contributed by atoms with Crippen LogP contribution in [0.4, 0.5) is 0 Å². The zero-order valence-electron chi connectivity index (χ0n) is 41.9. The summed E-state index contributed by atoms with van der Waals surface area (Å²) >= 11 is 0. The Labute approximate surface area is 405 Å². The molecule has 384 valence electrons. The van der Waals surface area contributed by atoms with Crippen LogP contribution in [0.5, 0.6) is 0 Å². The van der Waals surface area contributed by atoms with E-state index >= 15 is 0 Å². The summed E-state index contributed by atoms with van der Waals surface area (Å²) in [7, 11) is 0. The lowest BCUT2D eigenvalue weighted by Gasteiger charge is -2.40. The van der Waals surface area contributed by atoms with Gasteiger partial charge in [0.1, 0.15) is 18.8 Å². The fraction of sp³-hybridized carbons (Fsp3) is 0.745. The lowest BCUT2D eigenvalue weighted by atomic mass is 9.98. The summed E-state index contributed by atoms with van der Waals surface area (Å²) in [5.41, 5.74) is 0. The molecule has 1 rings (SSSR count). The van der Waals surface area contributed by atoms with E-state index in [0.717, 1.165) is 116 Å². The van der Waals surface area contributed by atoms with Crippen LogP contribution in [0.2, 0.25) is 0 Å². The summed E-state index contributed by atoms with van der Waals surface area (Å²) in [4.78, 5) is 50.7. The van der Waals surface area contributed by atoms with Crippen LogP contribution in [0.15, 0.2) is 60.8 Å². The number of hydrogen-bond acceptors (Lipinski definition) is 11. The first-order valence-electron chi connectivity index (χ1n) is 26.3. The molecule has 0 bridgehead atoms. The standard InChI is InChI=1S/C55H92O12/c1-4-7-10-13-16-19-21-22-23-24-25-26-28-30-32-35-38-41-47(56)63-44-46(65-48(57)42-39-36-34-31-27-20-17-14-11-8-5-2)45-64-55-53(51(60)50(59)52(67-55)54(61)62)66-49(58)43-40-37-33-29-18-15-12-9-6-3/h7,10,14,16-17,19,22-23,25-26,46,50-53,55,59-60H,4-6,8-9,11-13,15,18,20-21,24,27-45H2,1-3H3,(H,61,62)/b10-7-,17-14-,19-16-,23-22-,26-25-. The Morgan fingerprint density at radius 1 is 0.507 bits per heavy atom. The van der Waals surface area contributed by atoms with Gasteiger partial charge in [0, 0.05) is 19.3 Å². The van der Waals surface area contributed by atoms with Gasteiger partial charge >= 0.3 is 23.9 Å². The first-order chi connectivity index (χ1) is 32.6. The van der Waals surface area contributed by atoms with E-state index in [1.165, 1.54) is 38.5 Å². The average molecular weight is 945 g/mol. The fourth-order valence-electron chi connectivity index (χ4n) is 7.51. The van der Waals surface area contributed by atoms with Gasteiger partial charge in [-0.3, -0.25) is 14.4 Å². The topological polar surface area (TPSA) is 175 Å². The second kappa shape index (κ2) is 43.7. The van der Waals surface area contributed by atoms with Gasteiger partial charge in [0.05, 0.1) is 6.61 Å². The van der Waals surface area contributed by atoms with E-state index in [-0.39, 0.29) is 25.9 Å². The Balaban J connectivity index is 2.73. The normalized spacial score (nSPS) is 19.3. The molecule has 12 heteroatoms. The molecule has 6 atom stereocenters. The van der Waals surface area contributed by atoms with Crippen molar-refractivity contribution in [1.29, 1.82) is 0 Å². The molecular formula is C55H92O12. The minimum Gasteiger partial charge on any atom is -0.479 e. The Hall–Kier alpha value is -3.58. The molecule has 1 fully saturated rings. The molecule has 12 nitrogen and oxygen atoms in total. The van der Waals surface area contributed by atoms with Crippen LogP contribution < -0.4 is 0 Å². The molecule has 67 heavy (non-hydrogen) atoms. The number of aliphatic hydroxyl groups is 2. The van der Waals surface area contributed by atoms with E-state index in [4.69, 9.17) is 23.7 Å². The first kappa shape index (κ1) is 61.4. The maximum Gasteiger partial charge on any atom is 0.335 e. The number of aliphatic hydroxyl groups excluding tert-OH is 2. The quantitative estimate of drug-likeness (QED) is 0.0229. The second-order valence-electron chi connectivity index (χ2n) is 17.8. The molecule has 3 N–H and O–H groups in total. The highest BCUT2D eigenvalue weighted by atomic mass is 16.7. The molecule has 0 aromatic heterocycles. The van der Waals surface area contributed by atoms with Crippen LogP contribution in [0, 0.1) is 0 Å². The third kappa shape index (κ3) is 34.4. The predicted molar refractivity (Wildman–Crippen MR) is 266 cm³/mol. The highest BCUT2D eigenvalue weighted by molar-refractivity contribution is 5.74. The molecule has 1 heterocycles. The van der Waals surface area contributed by atoms with E-state index in [1.807, 2.05) is 0 Å². The number of hydrogen-bond donors (Lipinski definition) is 3. The van der Waals surface area contributed by atoms with Gasteiger partial charge in [-0.2, -0.15) is 0 Å². The number of esters is 3. The number of aliphatic carboxylic acids is 1. The number of carbonyl (C=O) groups is 4. The van der Waals surface area contributed by atoms with E-state index in [9.17, 15) is 34.5 Å². The molecule has 1 aliphatic rings. The highest BCUT2D eigenvalue weighted by Crippen LogP contribution is 2.26. The number of carboxylic acid groups (broad SMARTS) is 1. The lowest BCUT2D eigenvalue weighted by molar-refractivity contribution is -0.301. The minimum atomic E-state index is -1.90. The van der Waals surface area contributed by atoms with Gasteiger partial charge in [0.2, 0.25) is 0 Å². The summed E-state index contributed by atoms with van der Waals surface area (Å²) < 4.78 is 28.2. The third-order valence-electron chi connectivity index (χ3n) is 11.6. The van der Waals surface area contributed by atoms with Crippen molar-refractivity contribution in [2.75, 3.05) is 13.2 Å². The maximum atomic E-state index is 13.0. The number of ether oxygens (including phenoxy) is 5. The molecule has 0 radical (unpaired) electrons. The monoisotopic (exact) mass is 945 g/mol. The predicted octanol–water partition coefficient (Wildman–Crippen LogP) is 12.4. The largest absolute Gasteiger partial charge is 0.479 e. The summed E-state index contributed by atoms with van der Waals surface area (Å²) in [6, 6.07) is 0. The number of carboxylic acids is 1. The first-order valence-corrected chi connectivity index (χ1v) is 26.3. The molecule has 0 amide bonds. The van der Waals surface area contributed by atoms with Crippen molar-refractivity contribution in [3.05, 3.63) is 60.8 Å². The Bertz CT molecular complexity index is 1400. The van der Waals surface area contributed by atoms with Crippen molar-refractivity contribution in [2.45, 2.75) is 250 Å². The van der Waals surface area contributed by atoms with Gasteiger partial charge in [-0.1, -0.05) is 178 Å². The van der Waals surface area contributed by atoms with Gasteiger partial charge in [-0.15, -0.1) is 0 Å². The number of rotatable bonds is 43. The van der Waals surface area contributed by atoms with Crippen molar-refractivity contribution in [2.24, 2.45) is 0 Å². The number of carbonyl (C=O) groups excluding carboxylic acids is 3. The fourth-order valence-corrected chi connectivity index (χ4v) is 7.51. The van der Waals surface area contributed by atoms with Gasteiger partial charge in [0.15, 0.2) is 24.6 Å². The molecule has 0 aromatic rings. The summed E-state index contributed by atoms with van der Waals surface area (Å²) in [5, 5.41) is 31.3. The Morgan fingerprint density at radius 3 is 1.49 bits per heavy atom. The van der Waals surface area contributed by atoms with Crippen LogP contribution in [0.25, 0.3) is 0 Å². The molecule has 1 saturated heterocycles. The Kier molecular flexibility index (Phi) is 40.1. The van der Waals surface area contributed by atoms with Gasteiger partial charge in [0.25, 0.3) is 0 Å². The van der Waals surface area contributed by atoms with Crippen LogP contribution in [-0.2, 0) is 42.9 Å². The molecule has 0 aromatic carbocycles. The average Bonchev–Trinajstić information content (AvgIpc) is 3.31. The number of unbranched alkanes of at least 4 members (excludes halogenated alkanes) is 19. The Morgan fingerprint density at radius 2 is 0.955 bits per heavy atom. The maximum absolute atomic E-state index is 13.0. The summed E-state index contributed by atoms with van der Waals surface area (Å²) in [6.45, 7) is 5.75. The highest BCUT2D eigenvalue weighted by Gasteiger charge is 2.50. The third-order valence-corrected chi connectivity index (χ3v) is 11.6. The van der Waals surface area contributed by atoms with Crippen molar-refractivity contribution in [3.63, 3.8) is 0 Å². The smallest absolute Gasteiger partial charge is 0.335 e. The molecule has 1 aliphatic heterocycles. The molecule has 0 aliphatic carbocycles. The van der Waals surface area contributed by atoms with Crippen molar-refractivity contribution in [3.8, 4) is 0 Å². The zero-order valence-corrected chi connectivity index (χ0v) is 41.9. The van der Waals surface area contributed by atoms with Crippen LogP contribution in [0.1, 0.15) is 213 Å². The van der Waals surface area contributed by atoms with Crippen LogP contribution in [0.3, 0.4) is 0 Å². The zero-order chi connectivity index (χ0) is 49.0. The van der Waals surface area contributed by atoms with E-state index < -0.39 is 67.3 Å². The SMILES string of the molecule is CC/C=C\C/C=C\C/C=C\C/C=C\CCCCCCC(=O)OCC(COC1OC(C(=O)O)C(O)C(O)C1OC(=O)CCCCCCCCCCC)OC(=O)CCCCCCC/C=C\CCCC. The van der Waals surface area contributed by atoms with E-state index in [0.29, 0.717) is 19.3 Å². The minimum absolute atomic E-state index is 0.0573. The van der Waals surface area contributed by atoms with Crippen molar-refractivity contribution in [1.82, 2.24) is 0 Å². The van der Waals surface area contributed by atoms with E-state index in [2.05, 4.69) is 81.5 Å². The van der Waals surface area contributed by atoms with Crippen molar-refractivity contribution < 1.29 is 58.2 Å². The molecule has 0 saturated carbocycles. The van der Waals surface area contributed by atoms with Crippen molar-refractivity contribution >= 4 is 23.9 Å². The molecule has 6 unspecified atom stereocenters. The second-order valence-corrected chi connectivity index (χ2v) is 17.8. The van der Waals surface area contributed by atoms with Gasteiger partial charge < -0.3 is 39.0 Å². The molecule has 0 spiro atoms. The number of allylic oxidation sites excluding steroid dienone is 10. The summed E-state index contributed by atoms with van der Waals surface area (Å²) in [5.74, 6) is -3.17. The van der Waals surface area contributed by atoms with Gasteiger partial charge in [-0.05, 0) is 77.0 Å². The van der Waals surface area contributed by atoms with E-state index in [1.54, 1.807) is 0 Å². The van der Waals surface area contributed by atoms with Crippen LogP contribution >= 0.6 is 0 Å².